The van der Waals surface area contributed by atoms with Crippen LogP contribution in [0, 0.1) is 5.92 Å². The van der Waals surface area contributed by atoms with Gasteiger partial charge in [0.15, 0.2) is 0 Å². The van der Waals surface area contributed by atoms with Crippen molar-refractivity contribution in [1.29, 1.82) is 0 Å². The number of amides is 2. The van der Waals surface area contributed by atoms with Gasteiger partial charge in [0, 0.05) is 12.6 Å². The van der Waals surface area contributed by atoms with Crippen molar-refractivity contribution in [2.24, 2.45) is 5.92 Å². The molecular weight excluding hydrogens is 256 g/mol. The molecule has 0 aliphatic rings. The van der Waals surface area contributed by atoms with Crippen LogP contribution in [-0.2, 0) is 0 Å². The number of aliphatic hydroxyl groups is 1. The molecule has 2 amide bonds. The largest absolute Gasteiger partial charge is 0.393 e. The first-order valence-electron chi connectivity index (χ1n) is 7.22. The molecule has 0 radical (unpaired) electrons. The van der Waals surface area contributed by atoms with Crippen LogP contribution < -0.4 is 10.6 Å². The summed E-state index contributed by atoms with van der Waals surface area (Å²) in [5.74, 6) is 0.882. The third-order valence-corrected chi connectivity index (χ3v) is 3.42. The van der Waals surface area contributed by atoms with Crippen molar-refractivity contribution in [3.63, 3.8) is 0 Å². The van der Waals surface area contributed by atoms with Crippen LogP contribution in [0.25, 0.3) is 0 Å². The van der Waals surface area contributed by atoms with Crippen LogP contribution in [0.15, 0.2) is 12.3 Å². The van der Waals surface area contributed by atoms with Crippen LogP contribution >= 0.6 is 0 Å². The lowest BCUT2D eigenvalue weighted by Crippen LogP contribution is -2.33. The molecule has 0 aromatic carbocycles. The van der Waals surface area contributed by atoms with E-state index in [0.717, 1.165) is 6.42 Å². The van der Waals surface area contributed by atoms with Gasteiger partial charge in [-0.05, 0) is 25.7 Å². The second-order valence-electron chi connectivity index (χ2n) is 5.40. The van der Waals surface area contributed by atoms with E-state index < -0.39 is 0 Å². The number of carbonyl (C=O) groups excluding carboxylic acids is 1. The molecule has 0 aliphatic heterocycles. The third-order valence-electron chi connectivity index (χ3n) is 3.42. The fourth-order valence-electron chi connectivity index (χ4n) is 1.76. The zero-order chi connectivity index (χ0) is 15.1. The number of carbonyl (C=O) groups is 1. The van der Waals surface area contributed by atoms with Gasteiger partial charge in [0.05, 0.1) is 18.3 Å². The molecule has 0 bridgehead atoms. The molecule has 1 rings (SSSR count). The van der Waals surface area contributed by atoms with E-state index in [1.807, 2.05) is 13.8 Å². The van der Waals surface area contributed by atoms with Gasteiger partial charge in [-0.15, -0.1) is 0 Å². The smallest absolute Gasteiger partial charge is 0.320 e. The number of aromatic nitrogens is 2. The molecule has 6 nitrogen and oxygen atoms in total. The number of hydrogen-bond acceptors (Lipinski definition) is 3. The molecule has 1 aromatic heterocycles. The van der Waals surface area contributed by atoms with Gasteiger partial charge < -0.3 is 10.4 Å². The Hall–Kier alpha value is -1.56. The maximum Gasteiger partial charge on any atom is 0.320 e. The van der Waals surface area contributed by atoms with Crippen molar-refractivity contribution in [3.05, 3.63) is 12.3 Å². The van der Waals surface area contributed by atoms with Gasteiger partial charge >= 0.3 is 6.03 Å². The highest BCUT2D eigenvalue weighted by Gasteiger charge is 2.12. The summed E-state index contributed by atoms with van der Waals surface area (Å²) in [6.45, 7) is 8.48. The van der Waals surface area contributed by atoms with Crippen LogP contribution in [0.1, 0.15) is 46.6 Å². The quantitative estimate of drug-likeness (QED) is 0.718. The van der Waals surface area contributed by atoms with Crippen LogP contribution in [0.2, 0.25) is 0 Å². The summed E-state index contributed by atoms with van der Waals surface area (Å²) in [4.78, 5) is 11.8. The number of rotatable bonds is 7. The van der Waals surface area contributed by atoms with E-state index in [1.165, 1.54) is 0 Å². The highest BCUT2D eigenvalue weighted by Crippen LogP contribution is 2.16. The predicted molar refractivity (Wildman–Crippen MR) is 79.7 cm³/mol. The van der Waals surface area contributed by atoms with E-state index >= 15 is 0 Å². The fraction of sp³-hybridized carbons (Fsp3) is 0.714. The zero-order valence-electron chi connectivity index (χ0n) is 12.8. The van der Waals surface area contributed by atoms with Crippen molar-refractivity contribution < 1.29 is 9.90 Å². The van der Waals surface area contributed by atoms with E-state index in [0.29, 0.717) is 18.8 Å². The molecule has 20 heavy (non-hydrogen) atoms. The minimum absolute atomic E-state index is 0.201. The van der Waals surface area contributed by atoms with Gasteiger partial charge in [0.2, 0.25) is 0 Å². The van der Waals surface area contributed by atoms with E-state index in [4.69, 9.17) is 0 Å². The number of aliphatic hydroxyl groups excluding tert-OH is 1. The molecular formula is C14H26N4O2. The lowest BCUT2D eigenvalue weighted by atomic mass is 10.0. The summed E-state index contributed by atoms with van der Waals surface area (Å²) in [5.41, 5.74) is 0. The van der Waals surface area contributed by atoms with Gasteiger partial charge in [-0.1, -0.05) is 20.8 Å². The molecule has 0 spiro atoms. The Labute approximate surface area is 120 Å². The highest BCUT2D eigenvalue weighted by molar-refractivity contribution is 5.88. The van der Waals surface area contributed by atoms with E-state index in [1.54, 1.807) is 16.9 Å². The van der Waals surface area contributed by atoms with Crippen molar-refractivity contribution in [1.82, 2.24) is 15.1 Å². The monoisotopic (exact) mass is 282 g/mol. The number of nitrogens with one attached hydrogen (secondary N) is 2. The first kappa shape index (κ1) is 16.5. The van der Waals surface area contributed by atoms with Crippen LogP contribution in [0.5, 0.6) is 0 Å². The zero-order valence-corrected chi connectivity index (χ0v) is 12.8. The summed E-state index contributed by atoms with van der Waals surface area (Å²) >= 11 is 0. The Balaban J connectivity index is 2.41. The number of nitrogens with zero attached hydrogens (tertiary/aromatic N) is 2. The average Bonchev–Trinajstić information content (AvgIpc) is 2.85. The molecule has 3 N–H and O–H groups in total. The van der Waals surface area contributed by atoms with Gasteiger partial charge in [0.25, 0.3) is 0 Å². The summed E-state index contributed by atoms with van der Waals surface area (Å²) in [6.07, 6.45) is 2.78. The summed E-state index contributed by atoms with van der Waals surface area (Å²) in [6, 6.07) is 1.74. The molecule has 0 fully saturated rings. The van der Waals surface area contributed by atoms with E-state index in [9.17, 15) is 9.90 Å². The molecule has 0 saturated heterocycles. The Bertz CT molecular complexity index is 417. The number of hydrogen-bond donors (Lipinski definition) is 3. The van der Waals surface area contributed by atoms with Crippen molar-refractivity contribution in [3.8, 4) is 0 Å². The predicted octanol–water partition coefficient (Wildman–Crippen LogP) is 2.38. The average molecular weight is 282 g/mol. The van der Waals surface area contributed by atoms with Crippen LogP contribution in [0.4, 0.5) is 10.6 Å². The van der Waals surface area contributed by atoms with Crippen molar-refractivity contribution >= 4 is 11.8 Å². The van der Waals surface area contributed by atoms with Crippen molar-refractivity contribution in [2.45, 2.75) is 52.7 Å². The molecule has 2 unspecified atom stereocenters. The Morgan fingerprint density at radius 2 is 2.15 bits per heavy atom. The third kappa shape index (κ3) is 4.85. The van der Waals surface area contributed by atoms with Crippen LogP contribution in [-0.4, -0.2) is 33.6 Å². The van der Waals surface area contributed by atoms with Gasteiger partial charge in [-0.3, -0.25) is 5.32 Å². The SMILES string of the molecule is CCC(C)n1nccc1NC(=O)NCCC(O)C(C)C. The van der Waals surface area contributed by atoms with Crippen LogP contribution in [0.3, 0.4) is 0 Å². The summed E-state index contributed by atoms with van der Waals surface area (Å²) < 4.78 is 1.79. The molecule has 0 saturated carbocycles. The Morgan fingerprint density at radius 1 is 1.45 bits per heavy atom. The minimum atomic E-state index is -0.388. The molecule has 1 heterocycles. The molecule has 6 heteroatoms. The van der Waals surface area contributed by atoms with Gasteiger partial charge in [0.1, 0.15) is 5.82 Å². The second-order valence-corrected chi connectivity index (χ2v) is 5.40. The highest BCUT2D eigenvalue weighted by atomic mass is 16.3. The second kappa shape index (κ2) is 7.89. The number of urea groups is 1. The molecule has 114 valence electrons. The van der Waals surface area contributed by atoms with E-state index in [2.05, 4.69) is 29.6 Å². The van der Waals surface area contributed by atoms with Crippen molar-refractivity contribution in [2.75, 3.05) is 11.9 Å². The Morgan fingerprint density at radius 3 is 2.75 bits per heavy atom. The lowest BCUT2D eigenvalue weighted by molar-refractivity contribution is 0.117. The topological polar surface area (TPSA) is 79.2 Å². The van der Waals surface area contributed by atoms with E-state index in [-0.39, 0.29) is 24.1 Å². The molecule has 0 aliphatic carbocycles. The summed E-state index contributed by atoms with van der Waals surface area (Å²) in [5, 5.41) is 19.4. The Kier molecular flexibility index (Phi) is 6.51. The summed E-state index contributed by atoms with van der Waals surface area (Å²) in [7, 11) is 0. The number of anilines is 1. The molecule has 1 aromatic rings. The molecule has 2 atom stereocenters. The van der Waals surface area contributed by atoms with Gasteiger partial charge in [-0.25, -0.2) is 9.48 Å². The first-order valence-corrected chi connectivity index (χ1v) is 7.22. The normalized spacial score (nSPS) is 14.1. The lowest BCUT2D eigenvalue weighted by Gasteiger charge is -2.16. The fourth-order valence-corrected chi connectivity index (χ4v) is 1.76. The first-order chi connectivity index (χ1) is 9.45. The minimum Gasteiger partial charge on any atom is -0.393 e. The van der Waals surface area contributed by atoms with Gasteiger partial charge in [-0.2, -0.15) is 5.10 Å². The standard InChI is InChI=1S/C14H26N4O2/c1-5-11(4)18-13(7-9-16-18)17-14(20)15-8-6-12(19)10(2)3/h7,9-12,19H,5-6,8H2,1-4H3,(H2,15,17,20). The maximum atomic E-state index is 11.8. The maximum absolute atomic E-state index is 11.8.